The first-order chi connectivity index (χ1) is 8.26. The highest BCUT2D eigenvalue weighted by molar-refractivity contribution is 6.06. The van der Waals surface area contributed by atoms with Crippen molar-refractivity contribution in [2.24, 2.45) is 0 Å². The standard InChI is InChI=1S/C14H14N2O/c1-15-10-5-6-12-11(9-10)14(13(17)16-12)7-3-2-4-8-14/h5-6,9H,2-4,7-8H2,(H,16,17). The van der Waals surface area contributed by atoms with E-state index in [1.807, 2.05) is 12.1 Å². The van der Waals surface area contributed by atoms with Gasteiger partial charge in [-0.25, -0.2) is 4.85 Å². The Labute approximate surface area is 101 Å². The van der Waals surface area contributed by atoms with Gasteiger partial charge in [0.15, 0.2) is 5.69 Å². The molecule has 3 heteroatoms. The third-order valence-corrected chi connectivity index (χ3v) is 4.04. The van der Waals surface area contributed by atoms with E-state index in [1.54, 1.807) is 6.07 Å². The largest absolute Gasteiger partial charge is 0.325 e. The molecule has 1 amide bonds. The third kappa shape index (κ3) is 1.37. The number of benzene rings is 1. The Morgan fingerprint density at radius 2 is 2.00 bits per heavy atom. The lowest BCUT2D eigenvalue weighted by atomic mass is 9.70. The number of nitrogens with one attached hydrogen (secondary N) is 1. The summed E-state index contributed by atoms with van der Waals surface area (Å²) in [5.74, 6) is 0.134. The van der Waals surface area contributed by atoms with Gasteiger partial charge in [-0.05, 0) is 24.5 Å². The summed E-state index contributed by atoms with van der Waals surface area (Å²) in [7, 11) is 0. The molecule has 3 nitrogen and oxygen atoms in total. The van der Waals surface area contributed by atoms with Gasteiger partial charge in [0.2, 0.25) is 5.91 Å². The van der Waals surface area contributed by atoms with Crippen LogP contribution >= 0.6 is 0 Å². The van der Waals surface area contributed by atoms with Crippen LogP contribution in [-0.4, -0.2) is 5.91 Å². The highest BCUT2D eigenvalue weighted by Crippen LogP contribution is 2.48. The van der Waals surface area contributed by atoms with Crippen LogP contribution in [-0.2, 0) is 10.2 Å². The second kappa shape index (κ2) is 3.59. The Morgan fingerprint density at radius 3 is 2.71 bits per heavy atom. The molecule has 0 unspecified atom stereocenters. The summed E-state index contributed by atoms with van der Waals surface area (Å²) in [6.07, 6.45) is 5.28. The first kappa shape index (κ1) is 10.3. The predicted octanol–water partition coefficient (Wildman–Crippen LogP) is 3.39. The van der Waals surface area contributed by atoms with Crippen molar-refractivity contribution >= 4 is 17.3 Å². The van der Waals surface area contributed by atoms with E-state index < -0.39 is 0 Å². The molecule has 1 spiro atoms. The number of hydrogen-bond donors (Lipinski definition) is 1. The van der Waals surface area contributed by atoms with Gasteiger partial charge in [-0.1, -0.05) is 31.4 Å². The van der Waals surface area contributed by atoms with E-state index in [2.05, 4.69) is 10.2 Å². The molecular formula is C14H14N2O. The van der Waals surface area contributed by atoms with Crippen LogP contribution in [0.2, 0.25) is 0 Å². The Kier molecular flexibility index (Phi) is 2.19. The first-order valence-corrected chi connectivity index (χ1v) is 6.10. The maximum Gasteiger partial charge on any atom is 0.235 e. The van der Waals surface area contributed by atoms with Crippen molar-refractivity contribution in [1.29, 1.82) is 0 Å². The van der Waals surface area contributed by atoms with Gasteiger partial charge in [-0.15, -0.1) is 0 Å². The number of rotatable bonds is 0. The lowest BCUT2D eigenvalue weighted by Gasteiger charge is -2.31. The molecule has 0 aromatic heterocycles. The van der Waals surface area contributed by atoms with Crippen LogP contribution in [0.5, 0.6) is 0 Å². The number of fused-ring (bicyclic) bond motifs is 2. The number of hydrogen-bond acceptors (Lipinski definition) is 1. The zero-order valence-corrected chi connectivity index (χ0v) is 9.62. The molecule has 1 saturated carbocycles. The number of nitrogens with zero attached hydrogens (tertiary/aromatic N) is 1. The lowest BCUT2D eigenvalue weighted by molar-refractivity contribution is -0.121. The first-order valence-electron chi connectivity index (χ1n) is 6.10. The van der Waals surface area contributed by atoms with E-state index in [1.165, 1.54) is 6.42 Å². The summed E-state index contributed by atoms with van der Waals surface area (Å²) in [4.78, 5) is 15.7. The van der Waals surface area contributed by atoms with Gasteiger partial charge >= 0.3 is 0 Å². The molecule has 2 aliphatic rings. The molecule has 1 aromatic rings. The molecule has 17 heavy (non-hydrogen) atoms. The molecule has 0 bridgehead atoms. The fraction of sp³-hybridized carbons (Fsp3) is 0.429. The average Bonchev–Trinajstić information content (AvgIpc) is 2.63. The Hall–Kier alpha value is -1.82. The van der Waals surface area contributed by atoms with Gasteiger partial charge in [0.1, 0.15) is 0 Å². The molecule has 1 fully saturated rings. The molecule has 1 heterocycles. The fourth-order valence-corrected chi connectivity index (χ4v) is 3.12. The third-order valence-electron chi connectivity index (χ3n) is 4.04. The summed E-state index contributed by atoms with van der Waals surface area (Å²) in [6.45, 7) is 7.08. The van der Waals surface area contributed by atoms with Crippen LogP contribution < -0.4 is 5.32 Å². The van der Waals surface area contributed by atoms with Crippen LogP contribution in [0.25, 0.3) is 4.85 Å². The maximum absolute atomic E-state index is 12.2. The summed E-state index contributed by atoms with van der Waals surface area (Å²) >= 11 is 0. The molecule has 0 radical (unpaired) electrons. The SMILES string of the molecule is [C-]#[N+]c1ccc2c(c1)C1(CCCCC1)C(=O)N2. The molecule has 0 atom stereocenters. The van der Waals surface area contributed by atoms with Crippen molar-refractivity contribution in [3.05, 3.63) is 35.2 Å². The topological polar surface area (TPSA) is 33.5 Å². The second-order valence-corrected chi connectivity index (χ2v) is 4.94. The minimum atomic E-state index is -0.339. The van der Waals surface area contributed by atoms with Gasteiger partial charge in [0, 0.05) is 5.69 Å². The molecule has 3 rings (SSSR count). The van der Waals surface area contributed by atoms with Crippen LogP contribution in [0.4, 0.5) is 11.4 Å². The molecule has 1 aliphatic heterocycles. The van der Waals surface area contributed by atoms with Gasteiger partial charge in [-0.2, -0.15) is 0 Å². The minimum absolute atomic E-state index is 0.134. The number of anilines is 1. The Bertz CT molecular complexity index is 522. The molecule has 1 N–H and O–H groups in total. The Morgan fingerprint density at radius 1 is 1.24 bits per heavy atom. The lowest BCUT2D eigenvalue weighted by Crippen LogP contribution is -2.36. The van der Waals surface area contributed by atoms with Gasteiger partial charge in [0.25, 0.3) is 0 Å². The van der Waals surface area contributed by atoms with E-state index in [0.29, 0.717) is 5.69 Å². The highest BCUT2D eigenvalue weighted by Gasteiger charge is 2.46. The van der Waals surface area contributed by atoms with Crippen molar-refractivity contribution < 1.29 is 4.79 Å². The quantitative estimate of drug-likeness (QED) is 0.676. The van der Waals surface area contributed by atoms with Crippen molar-refractivity contribution in [2.45, 2.75) is 37.5 Å². The predicted molar refractivity (Wildman–Crippen MR) is 66.1 cm³/mol. The fourth-order valence-electron chi connectivity index (χ4n) is 3.12. The van der Waals surface area contributed by atoms with E-state index >= 15 is 0 Å². The number of amides is 1. The van der Waals surface area contributed by atoms with E-state index in [-0.39, 0.29) is 11.3 Å². The zero-order valence-electron chi connectivity index (χ0n) is 9.62. The smallest absolute Gasteiger partial charge is 0.235 e. The second-order valence-electron chi connectivity index (χ2n) is 4.94. The van der Waals surface area contributed by atoms with Crippen molar-refractivity contribution in [3.8, 4) is 0 Å². The highest BCUT2D eigenvalue weighted by atomic mass is 16.2. The normalized spacial score (nSPS) is 20.8. The number of carbonyl (C=O) groups excluding carboxylic acids is 1. The molecule has 0 saturated heterocycles. The minimum Gasteiger partial charge on any atom is -0.325 e. The van der Waals surface area contributed by atoms with Crippen molar-refractivity contribution in [2.75, 3.05) is 5.32 Å². The summed E-state index contributed by atoms with van der Waals surface area (Å²) in [5, 5.41) is 2.97. The van der Waals surface area contributed by atoms with Crippen LogP contribution in [0.1, 0.15) is 37.7 Å². The van der Waals surface area contributed by atoms with Gasteiger partial charge in [-0.3, -0.25) is 4.79 Å². The van der Waals surface area contributed by atoms with E-state index in [4.69, 9.17) is 6.57 Å². The van der Waals surface area contributed by atoms with Crippen molar-refractivity contribution in [1.82, 2.24) is 0 Å². The van der Waals surface area contributed by atoms with E-state index in [9.17, 15) is 4.79 Å². The monoisotopic (exact) mass is 226 g/mol. The molecule has 86 valence electrons. The molecular weight excluding hydrogens is 212 g/mol. The van der Waals surface area contributed by atoms with Crippen LogP contribution in [0, 0.1) is 6.57 Å². The van der Waals surface area contributed by atoms with Crippen LogP contribution in [0.3, 0.4) is 0 Å². The average molecular weight is 226 g/mol. The van der Waals surface area contributed by atoms with Gasteiger partial charge in [0.05, 0.1) is 12.0 Å². The Balaban J connectivity index is 2.14. The van der Waals surface area contributed by atoms with Crippen LogP contribution in [0.15, 0.2) is 18.2 Å². The maximum atomic E-state index is 12.2. The van der Waals surface area contributed by atoms with E-state index in [0.717, 1.165) is 36.9 Å². The number of carbonyl (C=O) groups is 1. The zero-order chi connectivity index (χ0) is 11.9. The van der Waals surface area contributed by atoms with Gasteiger partial charge < -0.3 is 5.32 Å². The summed E-state index contributed by atoms with van der Waals surface area (Å²) in [5.41, 5.74) is 2.25. The molecule has 1 aromatic carbocycles. The van der Waals surface area contributed by atoms with Crippen molar-refractivity contribution in [3.63, 3.8) is 0 Å². The molecule has 1 aliphatic carbocycles. The summed E-state index contributed by atoms with van der Waals surface area (Å²) in [6, 6.07) is 5.53. The summed E-state index contributed by atoms with van der Waals surface area (Å²) < 4.78 is 0.